The van der Waals surface area contributed by atoms with Crippen LogP contribution in [0, 0.1) is 5.82 Å². The van der Waals surface area contributed by atoms with E-state index in [4.69, 9.17) is 14.2 Å². The molecule has 0 aliphatic carbocycles. The van der Waals surface area contributed by atoms with Crippen LogP contribution in [-0.4, -0.2) is 26.1 Å². The number of carbonyl (C=O) groups excluding carboxylic acids is 2. The molecule has 0 radical (unpaired) electrons. The van der Waals surface area contributed by atoms with Crippen molar-refractivity contribution in [2.75, 3.05) is 14.2 Å². The number of methoxy groups -OCH3 is 2. The minimum absolute atomic E-state index is 0.0184. The highest BCUT2D eigenvalue weighted by Gasteiger charge is 2.36. The Hall–Kier alpha value is -3.09. The number of hydrogen-bond donors (Lipinski definition) is 1. The second kappa shape index (κ2) is 7.43. The number of benzene rings is 2. The molecular formula is C19H18FNO5. The Kier molecular flexibility index (Phi) is 5.06. The van der Waals surface area contributed by atoms with Gasteiger partial charge in [-0.05, 0) is 23.8 Å². The maximum atomic E-state index is 12.9. The van der Waals surface area contributed by atoms with Gasteiger partial charge >= 0.3 is 5.97 Å². The van der Waals surface area contributed by atoms with Crippen molar-refractivity contribution >= 4 is 11.9 Å². The first-order valence-electron chi connectivity index (χ1n) is 8.00. The highest BCUT2D eigenvalue weighted by atomic mass is 19.1. The van der Waals surface area contributed by atoms with Crippen molar-refractivity contribution in [3.63, 3.8) is 0 Å². The van der Waals surface area contributed by atoms with Gasteiger partial charge in [-0.25, -0.2) is 9.18 Å². The monoisotopic (exact) mass is 359 g/mol. The summed E-state index contributed by atoms with van der Waals surface area (Å²) in [6, 6.07) is 9.21. The number of ether oxygens (including phenoxy) is 3. The molecule has 0 saturated carbocycles. The van der Waals surface area contributed by atoms with Crippen LogP contribution >= 0.6 is 0 Å². The molecule has 0 spiro atoms. The fourth-order valence-electron chi connectivity index (χ4n) is 2.87. The third kappa shape index (κ3) is 3.46. The quantitative estimate of drug-likeness (QED) is 0.803. The molecule has 1 aliphatic heterocycles. The SMILES string of the molecule is COc1ccc2c(c1OC)C(=O)O[C@@H]2CC(=O)NCc1ccc(F)cc1. The average Bonchev–Trinajstić information content (AvgIpc) is 2.96. The van der Waals surface area contributed by atoms with Gasteiger partial charge in [0.1, 0.15) is 17.5 Å². The number of nitrogens with one attached hydrogen (secondary N) is 1. The van der Waals surface area contributed by atoms with Gasteiger partial charge in [0, 0.05) is 12.1 Å². The summed E-state index contributed by atoms with van der Waals surface area (Å²) in [5, 5.41) is 2.73. The average molecular weight is 359 g/mol. The van der Waals surface area contributed by atoms with Crippen LogP contribution in [0.4, 0.5) is 4.39 Å². The summed E-state index contributed by atoms with van der Waals surface area (Å²) in [5.74, 6) is -0.449. The molecule has 0 fully saturated rings. The van der Waals surface area contributed by atoms with Crippen molar-refractivity contribution in [1.82, 2.24) is 5.32 Å². The highest BCUT2D eigenvalue weighted by Crippen LogP contribution is 2.42. The molecule has 1 atom stereocenters. The minimum Gasteiger partial charge on any atom is -0.493 e. The number of fused-ring (bicyclic) bond motifs is 1. The molecule has 0 unspecified atom stereocenters. The molecule has 1 amide bonds. The summed E-state index contributed by atoms with van der Waals surface area (Å²) in [5.41, 5.74) is 1.64. The van der Waals surface area contributed by atoms with Crippen LogP contribution in [-0.2, 0) is 16.1 Å². The van der Waals surface area contributed by atoms with Crippen molar-refractivity contribution < 1.29 is 28.2 Å². The molecule has 1 N–H and O–H groups in total. The number of carbonyl (C=O) groups is 2. The third-order valence-electron chi connectivity index (χ3n) is 4.15. The normalized spacial score (nSPS) is 15.2. The largest absolute Gasteiger partial charge is 0.493 e. The summed E-state index contributed by atoms with van der Waals surface area (Å²) in [6.45, 7) is 0.262. The Bertz CT molecular complexity index is 835. The lowest BCUT2D eigenvalue weighted by Crippen LogP contribution is -2.24. The number of halogens is 1. The number of cyclic esters (lactones) is 1. The lowest BCUT2D eigenvalue weighted by atomic mass is 10.0. The van der Waals surface area contributed by atoms with Crippen LogP contribution in [0.15, 0.2) is 36.4 Å². The first-order chi connectivity index (χ1) is 12.5. The Morgan fingerprint density at radius 3 is 2.54 bits per heavy atom. The zero-order valence-corrected chi connectivity index (χ0v) is 14.4. The third-order valence-corrected chi connectivity index (χ3v) is 4.15. The van der Waals surface area contributed by atoms with E-state index in [-0.39, 0.29) is 30.3 Å². The summed E-state index contributed by atoms with van der Waals surface area (Å²) in [6.07, 6.45) is -0.708. The van der Waals surface area contributed by atoms with Crippen LogP contribution < -0.4 is 14.8 Å². The van der Waals surface area contributed by atoms with Crippen LogP contribution in [0.5, 0.6) is 11.5 Å². The maximum Gasteiger partial charge on any atom is 0.343 e. The van der Waals surface area contributed by atoms with E-state index in [9.17, 15) is 14.0 Å². The molecule has 2 aromatic carbocycles. The lowest BCUT2D eigenvalue weighted by Gasteiger charge is -2.12. The van der Waals surface area contributed by atoms with Gasteiger partial charge in [0.15, 0.2) is 11.5 Å². The van der Waals surface area contributed by atoms with E-state index < -0.39 is 12.1 Å². The van der Waals surface area contributed by atoms with Crippen LogP contribution in [0.3, 0.4) is 0 Å². The van der Waals surface area contributed by atoms with Gasteiger partial charge in [-0.3, -0.25) is 4.79 Å². The summed E-state index contributed by atoms with van der Waals surface area (Å²) < 4.78 is 28.7. The molecule has 7 heteroatoms. The van der Waals surface area contributed by atoms with E-state index in [0.717, 1.165) is 5.56 Å². The Morgan fingerprint density at radius 2 is 1.88 bits per heavy atom. The van der Waals surface area contributed by atoms with E-state index in [1.54, 1.807) is 24.3 Å². The number of hydrogen-bond acceptors (Lipinski definition) is 5. The standard InChI is InChI=1S/C19H18FNO5/c1-24-14-8-7-13-15(26-19(23)17(13)18(14)25-2)9-16(22)21-10-11-3-5-12(20)6-4-11/h3-8,15H,9-10H2,1-2H3,(H,21,22)/t15-/m1/s1. The number of amides is 1. The highest BCUT2D eigenvalue weighted by molar-refractivity contribution is 5.98. The Morgan fingerprint density at radius 1 is 1.15 bits per heavy atom. The van der Waals surface area contributed by atoms with Crippen LogP contribution in [0.25, 0.3) is 0 Å². The van der Waals surface area contributed by atoms with Crippen molar-refractivity contribution in [2.24, 2.45) is 0 Å². The van der Waals surface area contributed by atoms with Gasteiger partial charge in [0.2, 0.25) is 5.91 Å². The molecule has 2 aromatic rings. The molecule has 0 aromatic heterocycles. The van der Waals surface area contributed by atoms with Gasteiger partial charge in [0.05, 0.1) is 20.6 Å². The van der Waals surface area contributed by atoms with E-state index in [1.165, 1.54) is 26.4 Å². The Labute approximate surface area is 149 Å². The first-order valence-corrected chi connectivity index (χ1v) is 8.00. The molecular weight excluding hydrogens is 341 g/mol. The Balaban J connectivity index is 1.69. The fourth-order valence-corrected chi connectivity index (χ4v) is 2.87. The molecule has 136 valence electrons. The van der Waals surface area contributed by atoms with Crippen LogP contribution in [0.1, 0.15) is 34.0 Å². The smallest absolute Gasteiger partial charge is 0.343 e. The molecule has 0 saturated heterocycles. The van der Waals surface area contributed by atoms with Crippen molar-refractivity contribution in [3.8, 4) is 11.5 Å². The second-order valence-corrected chi connectivity index (χ2v) is 5.77. The predicted octanol–water partition coefficient (Wildman–Crippen LogP) is 2.76. The molecule has 6 nitrogen and oxygen atoms in total. The number of esters is 1. The minimum atomic E-state index is -0.689. The molecule has 0 bridgehead atoms. The summed E-state index contributed by atoms with van der Waals surface area (Å²) >= 11 is 0. The maximum absolute atomic E-state index is 12.9. The van der Waals surface area contributed by atoms with Crippen molar-refractivity contribution in [1.29, 1.82) is 0 Å². The second-order valence-electron chi connectivity index (χ2n) is 5.77. The molecule has 26 heavy (non-hydrogen) atoms. The molecule has 1 aliphatic rings. The topological polar surface area (TPSA) is 73.9 Å². The van der Waals surface area contributed by atoms with Crippen molar-refractivity contribution in [3.05, 3.63) is 58.9 Å². The fraction of sp³-hybridized carbons (Fsp3) is 0.263. The number of rotatable bonds is 6. The zero-order chi connectivity index (χ0) is 18.7. The van der Waals surface area contributed by atoms with Gasteiger partial charge in [-0.15, -0.1) is 0 Å². The van der Waals surface area contributed by atoms with E-state index in [1.807, 2.05) is 0 Å². The lowest BCUT2D eigenvalue weighted by molar-refractivity contribution is -0.123. The van der Waals surface area contributed by atoms with E-state index >= 15 is 0 Å². The molecule has 1 heterocycles. The zero-order valence-electron chi connectivity index (χ0n) is 14.4. The van der Waals surface area contributed by atoms with Gasteiger partial charge in [0.25, 0.3) is 0 Å². The van der Waals surface area contributed by atoms with E-state index in [2.05, 4.69) is 5.32 Å². The van der Waals surface area contributed by atoms with Crippen molar-refractivity contribution in [2.45, 2.75) is 19.1 Å². The van der Waals surface area contributed by atoms with Gasteiger partial charge in [-0.2, -0.15) is 0 Å². The predicted molar refractivity (Wildman–Crippen MR) is 90.6 cm³/mol. The van der Waals surface area contributed by atoms with Crippen LogP contribution in [0.2, 0.25) is 0 Å². The van der Waals surface area contributed by atoms with Gasteiger partial charge in [-0.1, -0.05) is 18.2 Å². The summed E-state index contributed by atoms with van der Waals surface area (Å²) in [7, 11) is 2.92. The van der Waals surface area contributed by atoms with Gasteiger partial charge < -0.3 is 19.5 Å². The molecule has 3 rings (SSSR count). The summed E-state index contributed by atoms with van der Waals surface area (Å²) in [4.78, 5) is 24.4. The first kappa shape index (κ1) is 17.7. The van der Waals surface area contributed by atoms with E-state index in [0.29, 0.717) is 17.1 Å².